The van der Waals surface area contributed by atoms with Gasteiger partial charge in [-0.3, -0.25) is 0 Å². The number of halogens is 1. The Morgan fingerprint density at radius 1 is 1.78 bits per heavy atom. The second-order valence-corrected chi connectivity index (χ2v) is 2.17. The Morgan fingerprint density at radius 3 is 2.78 bits per heavy atom. The second kappa shape index (κ2) is 5.94. The molecule has 0 aliphatic carbocycles. The third kappa shape index (κ3) is 4.32. The van der Waals surface area contributed by atoms with Crippen molar-refractivity contribution >= 4 is 22.6 Å². The summed E-state index contributed by atoms with van der Waals surface area (Å²) in [5.41, 5.74) is 1.02. The zero-order valence-electron chi connectivity index (χ0n) is 5.45. The molecule has 0 amide bonds. The number of hydrogen-bond acceptors (Lipinski definition) is 2. The number of rotatable bonds is 4. The van der Waals surface area contributed by atoms with Crippen LogP contribution in [0, 0.1) is 0 Å². The molecule has 3 heteroatoms. The minimum atomic E-state index is 0.900. The molecule has 0 aliphatic rings. The maximum Gasteiger partial charge on any atom is 0.0671 e. The number of hydrogen-bond donors (Lipinski definition) is 2. The van der Waals surface area contributed by atoms with E-state index < -0.39 is 0 Å². The molecular formula is C6H11IN2. The molecule has 2 nitrogen and oxygen atoms in total. The molecular weight excluding hydrogens is 227 g/mol. The number of allylic oxidation sites excluding steroid dienone is 1. The molecule has 0 aliphatic heterocycles. The van der Waals surface area contributed by atoms with Crippen molar-refractivity contribution in [1.29, 1.82) is 0 Å². The Balaban J connectivity index is 3.66. The minimum Gasteiger partial charge on any atom is -0.392 e. The maximum atomic E-state index is 3.62. The zero-order chi connectivity index (χ0) is 7.11. The summed E-state index contributed by atoms with van der Waals surface area (Å²) < 4.78 is 0.900. The van der Waals surface area contributed by atoms with Crippen molar-refractivity contribution in [3.8, 4) is 0 Å². The summed E-state index contributed by atoms with van der Waals surface area (Å²) in [5, 5.41) is 6.00. The van der Waals surface area contributed by atoms with E-state index in [1.54, 1.807) is 6.08 Å². The van der Waals surface area contributed by atoms with Gasteiger partial charge in [0, 0.05) is 18.9 Å². The van der Waals surface area contributed by atoms with Crippen molar-refractivity contribution in [2.75, 3.05) is 11.6 Å². The number of nitrogens with one attached hydrogen (secondary N) is 2. The molecule has 0 rings (SSSR count). The maximum absolute atomic E-state index is 3.62. The Morgan fingerprint density at radius 2 is 2.44 bits per heavy atom. The fourth-order valence-electron chi connectivity index (χ4n) is 0.415. The van der Waals surface area contributed by atoms with Crippen molar-refractivity contribution in [1.82, 2.24) is 10.6 Å². The Kier molecular flexibility index (Phi) is 5.81. The van der Waals surface area contributed by atoms with E-state index in [-0.39, 0.29) is 0 Å². The monoisotopic (exact) mass is 238 g/mol. The van der Waals surface area contributed by atoms with Gasteiger partial charge in [-0.1, -0.05) is 29.2 Å². The summed E-state index contributed by atoms with van der Waals surface area (Å²) in [4.78, 5) is 0. The normalized spacial score (nSPS) is 10.7. The van der Waals surface area contributed by atoms with Crippen LogP contribution in [-0.2, 0) is 0 Å². The Hall–Kier alpha value is -0.190. The third-order valence-electron chi connectivity index (χ3n) is 0.791. The summed E-state index contributed by atoms with van der Waals surface area (Å²) >= 11 is 2.24. The average Bonchev–Trinajstić information content (AvgIpc) is 1.88. The van der Waals surface area contributed by atoms with Crippen LogP contribution in [0.25, 0.3) is 0 Å². The summed E-state index contributed by atoms with van der Waals surface area (Å²) in [6.07, 6.45) is 3.64. The molecule has 0 spiro atoms. The Bertz CT molecular complexity index is 110. The highest BCUT2D eigenvalue weighted by Gasteiger charge is 1.82. The van der Waals surface area contributed by atoms with Crippen LogP contribution < -0.4 is 10.6 Å². The lowest BCUT2D eigenvalue weighted by atomic mass is 10.5. The van der Waals surface area contributed by atoms with Gasteiger partial charge in [-0.25, -0.2) is 0 Å². The summed E-state index contributed by atoms with van der Waals surface area (Å²) in [6, 6.07) is 0. The molecule has 0 aromatic carbocycles. The lowest BCUT2D eigenvalue weighted by molar-refractivity contribution is 0.969. The van der Waals surface area contributed by atoms with Crippen LogP contribution in [0.15, 0.2) is 24.6 Å². The predicted molar refractivity (Wildman–Crippen MR) is 49.4 cm³/mol. The molecule has 0 fully saturated rings. The molecule has 0 heterocycles. The van der Waals surface area contributed by atoms with Crippen molar-refractivity contribution in [2.24, 2.45) is 0 Å². The summed E-state index contributed by atoms with van der Waals surface area (Å²) in [6.45, 7) is 3.62. The quantitative estimate of drug-likeness (QED) is 0.333. The molecule has 9 heavy (non-hydrogen) atoms. The molecule has 0 aromatic heterocycles. The molecule has 52 valence electrons. The molecule has 0 aromatic rings. The molecule has 0 saturated carbocycles. The fourth-order valence-corrected chi connectivity index (χ4v) is 0.855. The van der Waals surface area contributed by atoms with Gasteiger partial charge in [-0.2, -0.15) is 0 Å². The average molecular weight is 238 g/mol. The lowest BCUT2D eigenvalue weighted by Crippen LogP contribution is -2.10. The van der Waals surface area contributed by atoms with Crippen molar-refractivity contribution in [3.63, 3.8) is 0 Å². The first-order valence-electron chi connectivity index (χ1n) is 2.65. The van der Waals surface area contributed by atoms with Gasteiger partial charge in [0.15, 0.2) is 0 Å². The van der Waals surface area contributed by atoms with E-state index >= 15 is 0 Å². The second-order valence-electron chi connectivity index (χ2n) is 1.40. The molecule has 0 atom stereocenters. The van der Waals surface area contributed by atoms with Crippen LogP contribution in [0.1, 0.15) is 0 Å². The predicted octanol–water partition coefficient (Wildman–Crippen LogP) is 1.22. The smallest absolute Gasteiger partial charge is 0.0671 e. The van der Waals surface area contributed by atoms with Crippen LogP contribution in [-0.4, -0.2) is 11.6 Å². The van der Waals surface area contributed by atoms with Gasteiger partial charge in [0.25, 0.3) is 0 Å². The highest BCUT2D eigenvalue weighted by molar-refractivity contribution is 14.1. The fraction of sp³-hybridized carbons (Fsp3) is 0.333. The molecule has 0 radical (unpaired) electrons. The molecule has 0 bridgehead atoms. The van der Waals surface area contributed by atoms with Gasteiger partial charge in [-0.05, 0) is 6.08 Å². The van der Waals surface area contributed by atoms with Crippen LogP contribution in [0.2, 0.25) is 0 Å². The topological polar surface area (TPSA) is 24.1 Å². The van der Waals surface area contributed by atoms with Gasteiger partial charge in [-0.15, -0.1) is 0 Å². The first-order valence-corrected chi connectivity index (χ1v) is 4.17. The van der Waals surface area contributed by atoms with Gasteiger partial charge >= 0.3 is 0 Å². The largest absolute Gasteiger partial charge is 0.392 e. The van der Waals surface area contributed by atoms with E-state index in [1.807, 2.05) is 13.2 Å². The first kappa shape index (κ1) is 8.81. The van der Waals surface area contributed by atoms with E-state index in [9.17, 15) is 0 Å². The zero-order valence-corrected chi connectivity index (χ0v) is 7.60. The summed E-state index contributed by atoms with van der Waals surface area (Å²) in [7, 11) is 1.86. The first-order chi connectivity index (χ1) is 4.35. The van der Waals surface area contributed by atoms with E-state index in [4.69, 9.17) is 0 Å². The van der Waals surface area contributed by atoms with Gasteiger partial charge in [0.1, 0.15) is 0 Å². The SMILES string of the molecule is C=C/C(=C\NC)NCI. The van der Waals surface area contributed by atoms with Gasteiger partial charge in [0.2, 0.25) is 0 Å². The molecule has 0 unspecified atom stereocenters. The highest BCUT2D eigenvalue weighted by Crippen LogP contribution is 1.88. The minimum absolute atomic E-state index is 0.900. The Labute approximate surface area is 69.5 Å². The number of alkyl halides is 1. The lowest BCUT2D eigenvalue weighted by Gasteiger charge is -2.00. The summed E-state index contributed by atoms with van der Waals surface area (Å²) in [5.74, 6) is 0. The van der Waals surface area contributed by atoms with Crippen LogP contribution in [0.3, 0.4) is 0 Å². The van der Waals surface area contributed by atoms with Crippen molar-refractivity contribution in [2.45, 2.75) is 0 Å². The van der Waals surface area contributed by atoms with Crippen molar-refractivity contribution in [3.05, 3.63) is 24.6 Å². The molecule has 2 N–H and O–H groups in total. The van der Waals surface area contributed by atoms with E-state index in [2.05, 4.69) is 39.8 Å². The third-order valence-corrected chi connectivity index (χ3v) is 1.17. The van der Waals surface area contributed by atoms with E-state index in [1.165, 1.54) is 0 Å². The highest BCUT2D eigenvalue weighted by atomic mass is 127. The van der Waals surface area contributed by atoms with Crippen molar-refractivity contribution < 1.29 is 0 Å². The van der Waals surface area contributed by atoms with Gasteiger partial charge in [0.05, 0.1) is 4.55 Å². The van der Waals surface area contributed by atoms with Crippen LogP contribution >= 0.6 is 22.6 Å². The van der Waals surface area contributed by atoms with E-state index in [0.29, 0.717) is 0 Å². The van der Waals surface area contributed by atoms with Crippen LogP contribution in [0.5, 0.6) is 0 Å². The van der Waals surface area contributed by atoms with Crippen LogP contribution in [0.4, 0.5) is 0 Å². The van der Waals surface area contributed by atoms with E-state index in [0.717, 1.165) is 10.2 Å². The standard InChI is InChI=1S/C6H11IN2/c1-3-6(4-8-2)9-5-7/h3-4,8-9H,1,5H2,2H3/b6-4+. The molecule has 0 saturated heterocycles. The van der Waals surface area contributed by atoms with Gasteiger partial charge < -0.3 is 10.6 Å².